The van der Waals surface area contributed by atoms with Crippen molar-refractivity contribution in [3.63, 3.8) is 0 Å². The second-order valence-electron chi connectivity index (χ2n) is 7.51. The number of anilines is 2. The van der Waals surface area contributed by atoms with Crippen molar-refractivity contribution in [1.82, 2.24) is 0 Å². The molecule has 0 heterocycles. The Balaban J connectivity index is 2.13. The molecular weight excluding hydrogens is 364 g/mol. The Kier molecular flexibility index (Phi) is 6.05. The van der Waals surface area contributed by atoms with Gasteiger partial charge in [-0.05, 0) is 35.9 Å². The summed E-state index contributed by atoms with van der Waals surface area (Å²) in [4.78, 5) is 24.6. The predicted octanol–water partition coefficient (Wildman–Crippen LogP) is 3.47. The van der Waals surface area contributed by atoms with Crippen LogP contribution in [0.4, 0.5) is 11.4 Å². The van der Waals surface area contributed by atoms with Crippen molar-refractivity contribution in [2.75, 3.05) is 16.9 Å². The monoisotopic (exact) mass is 388 g/mol. The van der Waals surface area contributed by atoms with Crippen LogP contribution in [-0.4, -0.2) is 26.5 Å². The summed E-state index contributed by atoms with van der Waals surface area (Å²) < 4.78 is 22.9. The highest BCUT2D eigenvalue weighted by Gasteiger charge is 2.21. The lowest BCUT2D eigenvalue weighted by Crippen LogP contribution is -2.27. The van der Waals surface area contributed by atoms with Crippen molar-refractivity contribution in [1.29, 1.82) is 0 Å². The summed E-state index contributed by atoms with van der Waals surface area (Å²) in [5, 5.41) is 5.57. The molecular formula is C20H24N2O4S. The Hall–Kier alpha value is -2.67. The summed E-state index contributed by atoms with van der Waals surface area (Å²) in [6, 6.07) is 13.3. The zero-order valence-corrected chi connectivity index (χ0v) is 16.7. The average Bonchev–Trinajstić information content (AvgIpc) is 2.53. The summed E-state index contributed by atoms with van der Waals surface area (Å²) in [5.74, 6) is -0.605. The molecule has 2 amide bonds. The van der Waals surface area contributed by atoms with Crippen LogP contribution in [0.2, 0.25) is 0 Å². The zero-order valence-electron chi connectivity index (χ0n) is 15.9. The van der Waals surface area contributed by atoms with Crippen molar-refractivity contribution in [2.24, 2.45) is 5.41 Å². The van der Waals surface area contributed by atoms with Gasteiger partial charge in [-0.25, -0.2) is 8.42 Å². The number of nitrogens with one attached hydrogen (secondary N) is 2. The molecule has 27 heavy (non-hydrogen) atoms. The largest absolute Gasteiger partial charge is 0.326 e. The molecule has 0 atom stereocenters. The van der Waals surface area contributed by atoms with Crippen LogP contribution in [0.15, 0.2) is 48.5 Å². The number of carbonyl (C=O) groups is 2. The van der Waals surface area contributed by atoms with Crippen molar-refractivity contribution < 1.29 is 18.0 Å². The first kappa shape index (κ1) is 20.6. The van der Waals surface area contributed by atoms with Crippen LogP contribution < -0.4 is 10.6 Å². The topological polar surface area (TPSA) is 92.3 Å². The molecule has 0 aliphatic heterocycles. The van der Waals surface area contributed by atoms with Crippen LogP contribution in [0.1, 0.15) is 36.7 Å². The molecule has 0 spiro atoms. The molecule has 2 aromatic rings. The molecule has 7 heteroatoms. The molecule has 2 aromatic carbocycles. The fourth-order valence-electron chi connectivity index (χ4n) is 2.30. The van der Waals surface area contributed by atoms with Gasteiger partial charge in [-0.15, -0.1) is 0 Å². The zero-order chi connectivity index (χ0) is 20.2. The summed E-state index contributed by atoms with van der Waals surface area (Å²) in [6.45, 7) is 5.45. The molecule has 0 aromatic heterocycles. The molecule has 0 unspecified atom stereocenters. The fraction of sp³-hybridized carbons (Fsp3) is 0.300. The van der Waals surface area contributed by atoms with E-state index in [0.29, 0.717) is 22.5 Å². The lowest BCUT2D eigenvalue weighted by molar-refractivity contribution is -0.123. The number of hydrogen-bond donors (Lipinski definition) is 2. The van der Waals surface area contributed by atoms with Gasteiger partial charge in [0.1, 0.15) is 0 Å². The predicted molar refractivity (Wildman–Crippen MR) is 107 cm³/mol. The van der Waals surface area contributed by atoms with Crippen LogP contribution in [0, 0.1) is 5.41 Å². The maximum atomic E-state index is 12.5. The molecule has 0 fully saturated rings. The van der Waals surface area contributed by atoms with Gasteiger partial charge in [-0.3, -0.25) is 9.59 Å². The Labute approximate surface area is 159 Å². The van der Waals surface area contributed by atoms with Crippen molar-refractivity contribution in [3.05, 3.63) is 59.7 Å². The van der Waals surface area contributed by atoms with Gasteiger partial charge in [-0.1, -0.05) is 39.0 Å². The Morgan fingerprint density at radius 2 is 1.52 bits per heavy atom. The van der Waals surface area contributed by atoms with E-state index in [1.807, 2.05) is 20.8 Å². The third-order valence-electron chi connectivity index (χ3n) is 3.68. The highest BCUT2D eigenvalue weighted by atomic mass is 32.2. The number of benzene rings is 2. The van der Waals surface area contributed by atoms with Gasteiger partial charge in [-0.2, -0.15) is 0 Å². The van der Waals surface area contributed by atoms with E-state index in [0.717, 1.165) is 6.26 Å². The summed E-state index contributed by atoms with van der Waals surface area (Å²) in [7, 11) is -3.18. The van der Waals surface area contributed by atoms with Crippen LogP contribution in [0.3, 0.4) is 0 Å². The molecule has 2 N–H and O–H groups in total. The first-order valence-corrected chi connectivity index (χ1v) is 10.5. The molecule has 0 saturated heterocycles. The summed E-state index contributed by atoms with van der Waals surface area (Å²) in [6.07, 6.45) is 1.15. The smallest absolute Gasteiger partial charge is 0.255 e. The Bertz CT molecular complexity index is 960. The quantitative estimate of drug-likeness (QED) is 0.820. The minimum absolute atomic E-state index is 0.123. The Morgan fingerprint density at radius 3 is 2.11 bits per heavy atom. The van der Waals surface area contributed by atoms with E-state index in [1.165, 1.54) is 0 Å². The Morgan fingerprint density at radius 1 is 0.926 bits per heavy atom. The first-order chi connectivity index (χ1) is 12.4. The van der Waals surface area contributed by atoms with E-state index in [9.17, 15) is 18.0 Å². The van der Waals surface area contributed by atoms with Gasteiger partial charge < -0.3 is 10.6 Å². The van der Waals surface area contributed by atoms with Gasteiger partial charge in [0.25, 0.3) is 5.91 Å². The van der Waals surface area contributed by atoms with E-state index < -0.39 is 15.3 Å². The van der Waals surface area contributed by atoms with E-state index in [1.54, 1.807) is 48.5 Å². The number of hydrogen-bond acceptors (Lipinski definition) is 4. The van der Waals surface area contributed by atoms with Gasteiger partial charge >= 0.3 is 0 Å². The molecule has 0 saturated carbocycles. The maximum absolute atomic E-state index is 12.5. The van der Waals surface area contributed by atoms with Crippen LogP contribution >= 0.6 is 0 Å². The normalized spacial score (nSPS) is 11.7. The molecule has 0 aliphatic carbocycles. The minimum Gasteiger partial charge on any atom is -0.326 e. The first-order valence-electron chi connectivity index (χ1n) is 8.43. The fourth-order valence-corrected chi connectivity index (χ4v) is 3.09. The second-order valence-corrected chi connectivity index (χ2v) is 9.65. The van der Waals surface area contributed by atoms with Crippen molar-refractivity contribution in [2.45, 2.75) is 26.5 Å². The number of carbonyl (C=O) groups excluding carboxylic acids is 2. The van der Waals surface area contributed by atoms with Gasteiger partial charge in [0.2, 0.25) is 5.91 Å². The summed E-state index contributed by atoms with van der Waals surface area (Å²) >= 11 is 0. The van der Waals surface area contributed by atoms with Crippen LogP contribution in [-0.2, 0) is 20.4 Å². The average molecular weight is 388 g/mol. The number of amides is 2. The number of sulfone groups is 1. The molecule has 2 rings (SSSR count). The van der Waals surface area contributed by atoms with Crippen LogP contribution in [0.25, 0.3) is 0 Å². The molecule has 144 valence electrons. The van der Waals surface area contributed by atoms with Gasteiger partial charge in [0, 0.05) is 28.6 Å². The van der Waals surface area contributed by atoms with E-state index in [2.05, 4.69) is 10.6 Å². The minimum atomic E-state index is -3.18. The van der Waals surface area contributed by atoms with Crippen LogP contribution in [0.5, 0.6) is 0 Å². The lowest BCUT2D eigenvalue weighted by Gasteiger charge is -2.18. The molecule has 0 bridgehead atoms. The standard InChI is InChI=1S/C20H24N2O4S/c1-20(2,3)19(24)22-17-10-6-9-16(12-17)21-18(23)15-8-5-7-14(11-15)13-27(4,25)26/h5-12H,13H2,1-4H3,(H,21,23)(H,22,24). The van der Waals surface area contributed by atoms with E-state index in [4.69, 9.17) is 0 Å². The molecule has 0 aliphatic rings. The third kappa shape index (κ3) is 6.53. The SMILES string of the molecule is CC(C)(C)C(=O)Nc1cccc(NC(=O)c2cccc(CS(C)(=O)=O)c2)c1. The number of rotatable bonds is 5. The maximum Gasteiger partial charge on any atom is 0.255 e. The van der Waals surface area contributed by atoms with Gasteiger partial charge in [0.05, 0.1) is 5.75 Å². The van der Waals surface area contributed by atoms with E-state index in [-0.39, 0.29) is 17.6 Å². The third-order valence-corrected chi connectivity index (χ3v) is 4.54. The van der Waals surface area contributed by atoms with E-state index >= 15 is 0 Å². The van der Waals surface area contributed by atoms with Crippen molar-refractivity contribution in [3.8, 4) is 0 Å². The van der Waals surface area contributed by atoms with Gasteiger partial charge in [0.15, 0.2) is 9.84 Å². The molecule has 6 nitrogen and oxygen atoms in total. The second kappa shape index (κ2) is 7.92. The highest BCUT2D eigenvalue weighted by Crippen LogP contribution is 2.20. The molecule has 0 radical (unpaired) electrons. The van der Waals surface area contributed by atoms with Crippen molar-refractivity contribution >= 4 is 33.0 Å². The lowest BCUT2D eigenvalue weighted by atomic mass is 9.95. The summed E-state index contributed by atoms with van der Waals surface area (Å²) in [5.41, 5.74) is 1.50. The highest BCUT2D eigenvalue weighted by molar-refractivity contribution is 7.89.